The highest BCUT2D eigenvalue weighted by molar-refractivity contribution is 7.12. The van der Waals surface area contributed by atoms with Gasteiger partial charge in [0.25, 0.3) is 0 Å². The van der Waals surface area contributed by atoms with Crippen LogP contribution in [0.3, 0.4) is 0 Å². The molecule has 1 atom stereocenters. The van der Waals surface area contributed by atoms with E-state index >= 15 is 0 Å². The van der Waals surface area contributed by atoms with Crippen LogP contribution in [-0.4, -0.2) is 56.5 Å². The minimum absolute atomic E-state index is 0.0185. The number of carbonyl (C=O) groups is 2. The van der Waals surface area contributed by atoms with Crippen molar-refractivity contribution in [3.05, 3.63) is 52.2 Å². The van der Waals surface area contributed by atoms with Crippen LogP contribution in [0.4, 0.5) is 0 Å². The normalized spacial score (nSPS) is 15.8. The summed E-state index contributed by atoms with van der Waals surface area (Å²) in [5, 5.41) is 4.88. The van der Waals surface area contributed by atoms with E-state index in [-0.39, 0.29) is 30.6 Å². The Morgan fingerprint density at radius 2 is 1.93 bits per heavy atom. The molecule has 28 heavy (non-hydrogen) atoms. The van der Waals surface area contributed by atoms with Gasteiger partial charge in [0.15, 0.2) is 5.78 Å². The number of methoxy groups -OCH3 is 1. The van der Waals surface area contributed by atoms with Crippen molar-refractivity contribution >= 4 is 23.0 Å². The van der Waals surface area contributed by atoms with Gasteiger partial charge >= 0.3 is 0 Å². The number of rotatable bonds is 9. The van der Waals surface area contributed by atoms with Gasteiger partial charge in [0.05, 0.1) is 31.2 Å². The summed E-state index contributed by atoms with van der Waals surface area (Å²) in [6, 6.07) is 11.6. The molecule has 1 aromatic carbocycles. The van der Waals surface area contributed by atoms with Gasteiger partial charge in [0.1, 0.15) is 5.75 Å². The third-order valence-electron chi connectivity index (χ3n) is 4.85. The van der Waals surface area contributed by atoms with Gasteiger partial charge in [-0.3, -0.25) is 14.5 Å². The van der Waals surface area contributed by atoms with Gasteiger partial charge in [0, 0.05) is 32.5 Å². The summed E-state index contributed by atoms with van der Waals surface area (Å²) in [5.41, 5.74) is 1.12. The molecule has 1 aliphatic heterocycles. The molecule has 150 valence electrons. The number of morpholine rings is 1. The maximum Gasteiger partial charge on any atom is 0.220 e. The quantitative estimate of drug-likeness (QED) is 0.653. The molecular weight excluding hydrogens is 376 g/mol. The van der Waals surface area contributed by atoms with Gasteiger partial charge in [-0.05, 0) is 29.1 Å². The lowest BCUT2D eigenvalue weighted by Crippen LogP contribution is -2.43. The zero-order valence-electron chi connectivity index (χ0n) is 16.1. The fourth-order valence-corrected chi connectivity index (χ4v) is 3.95. The summed E-state index contributed by atoms with van der Waals surface area (Å²) < 4.78 is 10.7. The molecule has 1 unspecified atom stereocenters. The predicted octanol–water partition coefficient (Wildman–Crippen LogP) is 2.91. The van der Waals surface area contributed by atoms with Crippen LogP contribution in [0, 0.1) is 0 Å². The first-order valence-corrected chi connectivity index (χ1v) is 10.3. The Labute approximate surface area is 169 Å². The Morgan fingerprint density at radius 1 is 1.18 bits per heavy atom. The van der Waals surface area contributed by atoms with Crippen LogP contribution in [0.15, 0.2) is 41.8 Å². The molecule has 1 N–H and O–H groups in total. The van der Waals surface area contributed by atoms with Crippen molar-refractivity contribution < 1.29 is 19.1 Å². The van der Waals surface area contributed by atoms with Crippen molar-refractivity contribution in [3.63, 3.8) is 0 Å². The van der Waals surface area contributed by atoms with Gasteiger partial charge in [-0.25, -0.2) is 0 Å². The maximum atomic E-state index is 12.3. The Balaban J connectivity index is 1.57. The lowest BCUT2D eigenvalue weighted by Gasteiger charge is -2.35. The summed E-state index contributed by atoms with van der Waals surface area (Å²) in [5.74, 6) is 0.724. The zero-order chi connectivity index (χ0) is 19.8. The molecule has 2 aromatic rings. The largest absolute Gasteiger partial charge is 0.497 e. The lowest BCUT2D eigenvalue weighted by molar-refractivity contribution is -0.121. The van der Waals surface area contributed by atoms with E-state index in [1.54, 1.807) is 13.2 Å². The van der Waals surface area contributed by atoms with Gasteiger partial charge in [-0.15, -0.1) is 11.3 Å². The van der Waals surface area contributed by atoms with E-state index in [2.05, 4.69) is 10.2 Å². The zero-order valence-corrected chi connectivity index (χ0v) is 16.9. The molecular formula is C21H26N2O4S. The van der Waals surface area contributed by atoms with E-state index in [1.165, 1.54) is 11.3 Å². The number of thiophene rings is 1. The summed E-state index contributed by atoms with van der Waals surface area (Å²) in [7, 11) is 1.65. The highest BCUT2D eigenvalue weighted by atomic mass is 32.1. The molecule has 1 aliphatic rings. The van der Waals surface area contributed by atoms with Crippen LogP contribution in [-0.2, 0) is 9.53 Å². The fourth-order valence-electron chi connectivity index (χ4n) is 3.26. The number of nitrogens with zero attached hydrogens (tertiary/aromatic N) is 1. The molecule has 0 saturated carbocycles. The summed E-state index contributed by atoms with van der Waals surface area (Å²) in [6.45, 7) is 3.52. The number of benzene rings is 1. The van der Waals surface area contributed by atoms with E-state index < -0.39 is 0 Å². The fraction of sp³-hybridized carbons (Fsp3) is 0.429. The Morgan fingerprint density at radius 3 is 2.57 bits per heavy atom. The van der Waals surface area contributed by atoms with E-state index in [4.69, 9.17) is 9.47 Å². The molecule has 2 heterocycles. The molecule has 1 saturated heterocycles. The third-order valence-corrected chi connectivity index (χ3v) is 5.77. The Bertz CT molecular complexity index is 755. The van der Waals surface area contributed by atoms with E-state index in [0.717, 1.165) is 24.4 Å². The van der Waals surface area contributed by atoms with E-state index in [1.807, 2.05) is 35.7 Å². The Hall–Kier alpha value is -2.22. The number of ketones is 1. The number of carbonyl (C=O) groups excluding carboxylic acids is 2. The summed E-state index contributed by atoms with van der Waals surface area (Å²) >= 11 is 1.41. The number of ether oxygens (including phenoxy) is 2. The first-order valence-electron chi connectivity index (χ1n) is 9.46. The van der Waals surface area contributed by atoms with Crippen molar-refractivity contribution in [3.8, 4) is 5.75 Å². The SMILES string of the molecule is COc1ccc(C(CNC(=O)CCC(=O)c2cccs2)N2CCOCC2)cc1. The molecule has 0 aliphatic carbocycles. The van der Waals surface area contributed by atoms with Crippen LogP contribution in [0.1, 0.15) is 34.1 Å². The topological polar surface area (TPSA) is 67.9 Å². The number of hydrogen-bond acceptors (Lipinski definition) is 6. The van der Waals surface area contributed by atoms with Crippen LogP contribution in [0.25, 0.3) is 0 Å². The van der Waals surface area contributed by atoms with Crippen molar-refractivity contribution in [1.82, 2.24) is 10.2 Å². The number of nitrogens with one attached hydrogen (secondary N) is 1. The van der Waals surface area contributed by atoms with Crippen molar-refractivity contribution in [2.75, 3.05) is 40.0 Å². The van der Waals surface area contributed by atoms with Gasteiger partial charge < -0.3 is 14.8 Å². The molecule has 0 bridgehead atoms. The number of amides is 1. The molecule has 6 nitrogen and oxygen atoms in total. The Kier molecular flexibility index (Phi) is 7.59. The van der Waals surface area contributed by atoms with Gasteiger partial charge in [-0.1, -0.05) is 18.2 Å². The minimum atomic E-state index is -0.100. The van der Waals surface area contributed by atoms with Crippen molar-refractivity contribution in [2.24, 2.45) is 0 Å². The van der Waals surface area contributed by atoms with Crippen molar-refractivity contribution in [2.45, 2.75) is 18.9 Å². The average molecular weight is 403 g/mol. The van der Waals surface area contributed by atoms with Crippen LogP contribution < -0.4 is 10.1 Å². The average Bonchev–Trinajstić information content (AvgIpc) is 3.28. The molecule has 1 aromatic heterocycles. The summed E-state index contributed by atoms with van der Waals surface area (Å²) in [4.78, 5) is 27.4. The lowest BCUT2D eigenvalue weighted by atomic mass is 10.0. The second-order valence-corrected chi connectivity index (χ2v) is 7.59. The molecule has 1 amide bonds. The third kappa shape index (κ3) is 5.64. The standard InChI is InChI=1S/C21H26N2O4S/c1-26-17-6-4-16(5-7-17)18(23-10-12-27-13-11-23)15-22-21(25)9-8-19(24)20-3-2-14-28-20/h2-7,14,18H,8-13,15H2,1H3,(H,22,25). The van der Waals surface area contributed by atoms with E-state index in [9.17, 15) is 9.59 Å². The highest BCUT2D eigenvalue weighted by Crippen LogP contribution is 2.23. The minimum Gasteiger partial charge on any atom is -0.497 e. The monoisotopic (exact) mass is 402 g/mol. The van der Waals surface area contributed by atoms with Crippen LogP contribution in [0.2, 0.25) is 0 Å². The van der Waals surface area contributed by atoms with Crippen molar-refractivity contribution in [1.29, 1.82) is 0 Å². The van der Waals surface area contributed by atoms with E-state index in [0.29, 0.717) is 24.6 Å². The second-order valence-electron chi connectivity index (χ2n) is 6.64. The first kappa shape index (κ1) is 20.5. The summed E-state index contributed by atoms with van der Waals surface area (Å²) in [6.07, 6.45) is 0.437. The molecule has 7 heteroatoms. The maximum absolute atomic E-state index is 12.3. The van der Waals surface area contributed by atoms with Crippen LogP contribution in [0.5, 0.6) is 5.75 Å². The highest BCUT2D eigenvalue weighted by Gasteiger charge is 2.23. The molecule has 3 rings (SSSR count). The smallest absolute Gasteiger partial charge is 0.220 e. The van der Waals surface area contributed by atoms with Crippen LogP contribution >= 0.6 is 11.3 Å². The van der Waals surface area contributed by atoms with Gasteiger partial charge in [-0.2, -0.15) is 0 Å². The molecule has 0 spiro atoms. The predicted molar refractivity (Wildman–Crippen MR) is 109 cm³/mol. The van der Waals surface area contributed by atoms with Gasteiger partial charge in [0.2, 0.25) is 5.91 Å². The molecule has 1 fully saturated rings. The molecule has 0 radical (unpaired) electrons. The number of hydrogen-bond donors (Lipinski definition) is 1. The second kappa shape index (κ2) is 10.4. The first-order chi connectivity index (χ1) is 13.7. The number of Topliss-reactive ketones (excluding diaryl/α,β-unsaturated/α-hetero) is 1.